The number of nitriles is 1. The molecule has 2 N–H and O–H groups in total. The van der Waals surface area contributed by atoms with Crippen LogP contribution in [0.3, 0.4) is 0 Å². The lowest BCUT2D eigenvalue weighted by molar-refractivity contribution is -0.112. The molecule has 2 aromatic rings. The number of ether oxygens (including phenoxy) is 2. The third-order valence-corrected chi connectivity index (χ3v) is 4.75. The summed E-state index contributed by atoms with van der Waals surface area (Å²) < 4.78 is 9.45. The number of para-hydroxylation sites is 1. The third kappa shape index (κ3) is 5.52. The maximum Gasteiger partial charge on any atom is 0.339 e. The van der Waals surface area contributed by atoms with Gasteiger partial charge >= 0.3 is 11.9 Å². The summed E-state index contributed by atoms with van der Waals surface area (Å²) in [4.78, 5) is 36.7. The quantitative estimate of drug-likeness (QED) is 0.381. The maximum absolute atomic E-state index is 12.8. The third-order valence-electron chi connectivity index (χ3n) is 4.75. The number of hydrogen-bond donors (Lipinski definition) is 2. The molecule has 0 aliphatic rings. The summed E-state index contributed by atoms with van der Waals surface area (Å²) in [5.74, 6) is -1.70. The molecule has 0 aromatic heterocycles. The average Bonchev–Trinajstić information content (AvgIpc) is 2.79. The van der Waals surface area contributed by atoms with Gasteiger partial charge in [0, 0.05) is 11.9 Å². The van der Waals surface area contributed by atoms with Crippen molar-refractivity contribution in [1.82, 2.24) is 0 Å². The molecule has 0 aliphatic heterocycles. The summed E-state index contributed by atoms with van der Waals surface area (Å²) >= 11 is 0. The summed E-state index contributed by atoms with van der Waals surface area (Å²) in [6, 6.07) is 11.7. The van der Waals surface area contributed by atoms with Crippen LogP contribution < -0.4 is 10.6 Å². The van der Waals surface area contributed by atoms with Crippen molar-refractivity contribution in [3.8, 4) is 6.07 Å². The molecule has 8 nitrogen and oxygen atoms in total. The first-order valence-electron chi connectivity index (χ1n) is 9.81. The molecule has 1 amide bonds. The minimum absolute atomic E-state index is 0.120. The minimum Gasteiger partial charge on any atom is -0.465 e. The number of benzene rings is 2. The highest BCUT2D eigenvalue weighted by Gasteiger charge is 2.18. The summed E-state index contributed by atoms with van der Waals surface area (Å²) in [6.07, 6.45) is 1.17. The zero-order valence-electron chi connectivity index (χ0n) is 18.6. The molecule has 0 unspecified atom stereocenters. The predicted octanol–water partition coefficient (Wildman–Crippen LogP) is 4.15. The van der Waals surface area contributed by atoms with Gasteiger partial charge in [0.25, 0.3) is 5.91 Å². The van der Waals surface area contributed by atoms with E-state index in [2.05, 4.69) is 10.6 Å². The second-order valence-corrected chi connectivity index (χ2v) is 7.21. The molecule has 0 saturated heterocycles. The van der Waals surface area contributed by atoms with Crippen LogP contribution in [0.25, 0.3) is 0 Å². The van der Waals surface area contributed by atoms with Crippen molar-refractivity contribution in [3.05, 3.63) is 70.4 Å². The highest BCUT2D eigenvalue weighted by Crippen LogP contribution is 2.28. The zero-order chi connectivity index (χ0) is 23.8. The van der Waals surface area contributed by atoms with Gasteiger partial charge in [0.2, 0.25) is 0 Å². The second-order valence-electron chi connectivity index (χ2n) is 7.21. The van der Waals surface area contributed by atoms with Crippen LogP contribution in [0.15, 0.2) is 48.2 Å². The van der Waals surface area contributed by atoms with Crippen LogP contribution in [0.2, 0.25) is 0 Å². The van der Waals surface area contributed by atoms with Gasteiger partial charge in [-0.3, -0.25) is 4.79 Å². The number of amides is 1. The molecular formula is C24H25N3O5. The van der Waals surface area contributed by atoms with Gasteiger partial charge < -0.3 is 20.1 Å². The molecule has 32 heavy (non-hydrogen) atoms. The zero-order valence-corrected chi connectivity index (χ0v) is 18.6. The molecule has 0 radical (unpaired) electrons. The maximum atomic E-state index is 12.8. The summed E-state index contributed by atoms with van der Waals surface area (Å²) in [5.41, 5.74) is 2.73. The molecule has 0 bridgehead atoms. The summed E-state index contributed by atoms with van der Waals surface area (Å²) in [5, 5.41) is 15.1. The Morgan fingerprint density at radius 3 is 2.34 bits per heavy atom. The number of nitrogens with zero attached hydrogens (tertiary/aromatic N) is 1. The van der Waals surface area contributed by atoms with Crippen molar-refractivity contribution in [2.75, 3.05) is 24.9 Å². The Morgan fingerprint density at radius 2 is 1.75 bits per heavy atom. The van der Waals surface area contributed by atoms with E-state index in [-0.39, 0.29) is 28.3 Å². The lowest BCUT2D eigenvalue weighted by Gasteiger charge is -2.16. The van der Waals surface area contributed by atoms with Gasteiger partial charge in [-0.05, 0) is 42.2 Å². The SMILES string of the molecule is COC(=O)c1ccc(C(=O)OC)c(N/C=C(/C#N)C(=O)Nc2c(C)cccc2C(C)C)c1. The number of nitrogens with one attached hydrogen (secondary N) is 2. The van der Waals surface area contributed by atoms with Gasteiger partial charge in [0.05, 0.1) is 31.0 Å². The van der Waals surface area contributed by atoms with Crippen LogP contribution >= 0.6 is 0 Å². The minimum atomic E-state index is -0.651. The van der Waals surface area contributed by atoms with Crippen LogP contribution in [-0.2, 0) is 14.3 Å². The van der Waals surface area contributed by atoms with E-state index < -0.39 is 17.8 Å². The Labute approximate surface area is 186 Å². The smallest absolute Gasteiger partial charge is 0.339 e. The van der Waals surface area contributed by atoms with E-state index in [1.54, 1.807) is 0 Å². The molecule has 2 rings (SSSR count). The fourth-order valence-corrected chi connectivity index (χ4v) is 3.02. The normalized spacial score (nSPS) is 10.8. The largest absolute Gasteiger partial charge is 0.465 e. The van der Waals surface area contributed by atoms with E-state index in [0.717, 1.165) is 11.1 Å². The van der Waals surface area contributed by atoms with E-state index >= 15 is 0 Å². The van der Waals surface area contributed by atoms with Crippen molar-refractivity contribution in [2.24, 2.45) is 0 Å². The summed E-state index contributed by atoms with van der Waals surface area (Å²) in [7, 11) is 2.46. The average molecular weight is 435 g/mol. The van der Waals surface area contributed by atoms with E-state index in [9.17, 15) is 19.6 Å². The van der Waals surface area contributed by atoms with Crippen LogP contribution in [0.4, 0.5) is 11.4 Å². The van der Waals surface area contributed by atoms with Crippen LogP contribution in [0, 0.1) is 18.3 Å². The van der Waals surface area contributed by atoms with Gasteiger partial charge in [0.1, 0.15) is 11.6 Å². The number of methoxy groups -OCH3 is 2. The molecule has 0 fully saturated rings. The van der Waals surface area contributed by atoms with Gasteiger partial charge in [-0.2, -0.15) is 5.26 Å². The molecule has 0 aliphatic carbocycles. The number of carbonyl (C=O) groups is 3. The van der Waals surface area contributed by atoms with Gasteiger partial charge in [0.15, 0.2) is 0 Å². The van der Waals surface area contributed by atoms with Gasteiger partial charge in [-0.15, -0.1) is 0 Å². The number of rotatable bonds is 7. The predicted molar refractivity (Wildman–Crippen MR) is 120 cm³/mol. The Morgan fingerprint density at radius 1 is 1.06 bits per heavy atom. The Kier molecular flexibility index (Phi) is 8.13. The monoisotopic (exact) mass is 435 g/mol. The van der Waals surface area contributed by atoms with E-state index in [1.165, 1.54) is 38.6 Å². The van der Waals surface area contributed by atoms with Crippen molar-refractivity contribution < 1.29 is 23.9 Å². The number of aryl methyl sites for hydroxylation is 1. The van der Waals surface area contributed by atoms with Crippen LogP contribution in [0.5, 0.6) is 0 Å². The Hall–Kier alpha value is -4.12. The van der Waals surface area contributed by atoms with Gasteiger partial charge in [-0.1, -0.05) is 32.0 Å². The first-order valence-corrected chi connectivity index (χ1v) is 9.81. The standard InChI is InChI=1S/C24H25N3O5/c1-14(2)18-8-6-7-15(3)21(18)27-22(28)17(12-25)13-26-20-11-16(23(29)31-4)9-10-19(20)24(30)32-5/h6-11,13-14,26H,1-5H3,(H,27,28)/b17-13-. The fourth-order valence-electron chi connectivity index (χ4n) is 3.02. The number of anilines is 2. The van der Waals surface area contributed by atoms with Crippen molar-refractivity contribution in [3.63, 3.8) is 0 Å². The topological polar surface area (TPSA) is 118 Å². The van der Waals surface area contributed by atoms with Gasteiger partial charge in [-0.25, -0.2) is 9.59 Å². The van der Waals surface area contributed by atoms with Crippen molar-refractivity contribution in [2.45, 2.75) is 26.7 Å². The molecule has 0 saturated carbocycles. The fraction of sp³-hybridized carbons (Fsp3) is 0.250. The second kappa shape index (κ2) is 10.8. The number of hydrogen-bond acceptors (Lipinski definition) is 7. The Balaban J connectivity index is 2.37. The molecular weight excluding hydrogens is 410 g/mol. The highest BCUT2D eigenvalue weighted by atomic mass is 16.5. The first kappa shape index (κ1) is 24.2. The molecule has 0 heterocycles. The molecule has 2 aromatic carbocycles. The number of esters is 2. The first-order chi connectivity index (χ1) is 15.2. The van der Waals surface area contributed by atoms with Crippen LogP contribution in [0.1, 0.15) is 51.6 Å². The van der Waals surface area contributed by atoms with Crippen molar-refractivity contribution in [1.29, 1.82) is 5.26 Å². The Bertz CT molecular complexity index is 1110. The van der Waals surface area contributed by atoms with Crippen LogP contribution in [-0.4, -0.2) is 32.1 Å². The molecule has 0 atom stereocenters. The lowest BCUT2D eigenvalue weighted by Crippen LogP contribution is -2.17. The highest BCUT2D eigenvalue weighted by molar-refractivity contribution is 6.07. The van der Waals surface area contributed by atoms with E-state index in [1.807, 2.05) is 45.0 Å². The van der Waals surface area contributed by atoms with Crippen molar-refractivity contribution >= 4 is 29.2 Å². The summed E-state index contributed by atoms with van der Waals surface area (Å²) in [6.45, 7) is 5.89. The molecule has 8 heteroatoms. The lowest BCUT2D eigenvalue weighted by atomic mass is 9.98. The molecule has 166 valence electrons. The number of carbonyl (C=O) groups excluding carboxylic acids is 3. The van der Waals surface area contributed by atoms with E-state index in [4.69, 9.17) is 9.47 Å². The molecule has 0 spiro atoms. The van der Waals surface area contributed by atoms with E-state index in [0.29, 0.717) is 5.69 Å².